The van der Waals surface area contributed by atoms with Gasteiger partial charge in [0.15, 0.2) is 0 Å². The number of hydrogen-bond acceptors (Lipinski definition) is 4. The van der Waals surface area contributed by atoms with E-state index < -0.39 is 0 Å². The third-order valence-electron chi connectivity index (χ3n) is 3.58. The van der Waals surface area contributed by atoms with Gasteiger partial charge >= 0.3 is 0 Å². The van der Waals surface area contributed by atoms with Crippen LogP contribution in [-0.4, -0.2) is 11.5 Å². The van der Waals surface area contributed by atoms with E-state index in [0.717, 1.165) is 12.3 Å². The van der Waals surface area contributed by atoms with Crippen LogP contribution in [0.25, 0.3) is 11.3 Å². The van der Waals surface area contributed by atoms with Crippen molar-refractivity contribution in [3.63, 3.8) is 0 Å². The van der Waals surface area contributed by atoms with E-state index in [0.29, 0.717) is 6.54 Å². The molecule has 2 N–H and O–H groups in total. The number of hydrogen-bond donors (Lipinski definition) is 1. The summed E-state index contributed by atoms with van der Waals surface area (Å²) >= 11 is 3.64. The average molecular weight is 278 g/mol. The smallest absolute Gasteiger partial charge is 0.0948 e. The largest absolute Gasteiger partial charge is 0.330 e. The van der Waals surface area contributed by atoms with Gasteiger partial charge in [0.2, 0.25) is 0 Å². The molecule has 0 amide bonds. The summed E-state index contributed by atoms with van der Waals surface area (Å²) in [6.45, 7) is 0.695. The molecule has 0 radical (unpaired) electrons. The monoisotopic (exact) mass is 278 g/mol. The molecule has 0 aliphatic heterocycles. The summed E-state index contributed by atoms with van der Waals surface area (Å²) in [5.74, 6) is 0.740. The number of thiophene rings is 1. The van der Waals surface area contributed by atoms with Gasteiger partial charge in [-0.15, -0.1) is 11.3 Å². The lowest BCUT2D eigenvalue weighted by atomic mass is 10.0. The van der Waals surface area contributed by atoms with Crippen molar-refractivity contribution in [2.75, 3.05) is 6.54 Å². The maximum absolute atomic E-state index is 5.66. The lowest BCUT2D eigenvalue weighted by Crippen LogP contribution is -2.01. The molecule has 1 fully saturated rings. The number of nitrogens with zero attached hydrogens (tertiary/aromatic N) is 1. The highest BCUT2D eigenvalue weighted by Gasteiger charge is 2.24. The van der Waals surface area contributed by atoms with Crippen LogP contribution in [0.5, 0.6) is 0 Å². The Labute approximate surface area is 116 Å². The molecule has 2 nitrogen and oxygen atoms in total. The minimum absolute atomic E-state index is 0.695. The molecule has 0 bridgehead atoms. The zero-order valence-electron chi connectivity index (χ0n) is 10.4. The van der Waals surface area contributed by atoms with Crippen molar-refractivity contribution in [3.05, 3.63) is 26.7 Å². The number of nitrogens with two attached hydrogens (primary N) is 1. The molecule has 1 saturated carbocycles. The maximum Gasteiger partial charge on any atom is 0.0948 e. The molecule has 2 aromatic rings. The summed E-state index contributed by atoms with van der Waals surface area (Å²) in [4.78, 5) is 6.34. The van der Waals surface area contributed by atoms with Gasteiger partial charge in [-0.05, 0) is 36.8 Å². The molecular weight excluding hydrogens is 260 g/mol. The highest BCUT2D eigenvalue weighted by atomic mass is 32.1. The summed E-state index contributed by atoms with van der Waals surface area (Å²) in [5, 5.41) is 5.55. The van der Waals surface area contributed by atoms with E-state index in [2.05, 4.69) is 16.8 Å². The molecule has 1 aliphatic rings. The van der Waals surface area contributed by atoms with E-state index in [4.69, 9.17) is 10.7 Å². The van der Waals surface area contributed by atoms with E-state index in [1.165, 1.54) is 46.8 Å². The van der Waals surface area contributed by atoms with E-state index in [1.807, 2.05) is 11.3 Å². The van der Waals surface area contributed by atoms with Crippen LogP contribution in [0, 0.1) is 0 Å². The molecule has 0 aromatic carbocycles. The zero-order chi connectivity index (χ0) is 12.4. The fraction of sp³-hybridized carbons (Fsp3) is 0.500. The Kier molecular flexibility index (Phi) is 3.77. The normalized spacial score (nSPS) is 16.5. The summed E-state index contributed by atoms with van der Waals surface area (Å²) in [6, 6.07) is 2.18. The van der Waals surface area contributed by atoms with E-state index >= 15 is 0 Å². The van der Waals surface area contributed by atoms with Gasteiger partial charge in [0.1, 0.15) is 0 Å². The maximum atomic E-state index is 5.66. The van der Waals surface area contributed by atoms with Gasteiger partial charge in [0.25, 0.3) is 0 Å². The van der Waals surface area contributed by atoms with Crippen LogP contribution in [-0.2, 0) is 6.42 Å². The second-order valence-corrected chi connectivity index (χ2v) is 6.75. The third-order valence-corrected chi connectivity index (χ3v) is 5.54. The predicted octanol–water partition coefficient (Wildman–Crippen LogP) is 4.03. The van der Waals surface area contributed by atoms with Crippen molar-refractivity contribution < 1.29 is 0 Å². The molecule has 2 heterocycles. The Hall–Kier alpha value is -0.710. The fourth-order valence-electron chi connectivity index (χ4n) is 2.68. The van der Waals surface area contributed by atoms with Crippen LogP contribution >= 0.6 is 22.7 Å². The minimum Gasteiger partial charge on any atom is -0.330 e. The van der Waals surface area contributed by atoms with Crippen molar-refractivity contribution in [1.29, 1.82) is 0 Å². The molecule has 2 aromatic heterocycles. The van der Waals surface area contributed by atoms with Gasteiger partial charge in [-0.1, -0.05) is 12.8 Å². The summed E-state index contributed by atoms with van der Waals surface area (Å²) < 4.78 is 0. The van der Waals surface area contributed by atoms with Crippen LogP contribution < -0.4 is 5.73 Å². The van der Waals surface area contributed by atoms with Crippen molar-refractivity contribution in [2.24, 2.45) is 5.73 Å². The topological polar surface area (TPSA) is 38.9 Å². The van der Waals surface area contributed by atoms with Crippen molar-refractivity contribution in [3.8, 4) is 11.3 Å². The molecule has 96 valence electrons. The molecule has 1 aliphatic carbocycles. The van der Waals surface area contributed by atoms with E-state index in [-0.39, 0.29) is 0 Å². The quantitative estimate of drug-likeness (QED) is 0.917. The van der Waals surface area contributed by atoms with Gasteiger partial charge in [-0.2, -0.15) is 11.3 Å². The molecule has 3 rings (SSSR count). The fourth-order valence-corrected chi connectivity index (χ4v) is 4.59. The molecule has 0 unspecified atom stereocenters. The van der Waals surface area contributed by atoms with Crippen LogP contribution in [0.1, 0.15) is 41.5 Å². The molecule has 0 atom stereocenters. The number of thiazole rings is 1. The minimum atomic E-state index is 0.695. The molecule has 0 saturated heterocycles. The SMILES string of the molecule is NCCc1nc(-c2ccsc2)c(C2CCCC2)s1. The van der Waals surface area contributed by atoms with Gasteiger partial charge in [-0.3, -0.25) is 0 Å². The highest BCUT2D eigenvalue weighted by Crippen LogP contribution is 2.42. The second-order valence-electron chi connectivity index (χ2n) is 4.85. The molecule has 4 heteroatoms. The van der Waals surface area contributed by atoms with Crippen molar-refractivity contribution >= 4 is 22.7 Å². The van der Waals surface area contributed by atoms with Crippen molar-refractivity contribution in [1.82, 2.24) is 4.98 Å². The van der Waals surface area contributed by atoms with Crippen LogP contribution in [0.15, 0.2) is 16.8 Å². The Morgan fingerprint density at radius 2 is 2.17 bits per heavy atom. The molecule has 18 heavy (non-hydrogen) atoms. The summed E-state index contributed by atoms with van der Waals surface area (Å²) in [5.41, 5.74) is 8.19. The number of aromatic nitrogens is 1. The predicted molar refractivity (Wildman–Crippen MR) is 79.4 cm³/mol. The molecule has 0 spiro atoms. The highest BCUT2D eigenvalue weighted by molar-refractivity contribution is 7.12. The van der Waals surface area contributed by atoms with Gasteiger partial charge in [0, 0.05) is 22.2 Å². The van der Waals surface area contributed by atoms with Crippen LogP contribution in [0.2, 0.25) is 0 Å². The van der Waals surface area contributed by atoms with Crippen molar-refractivity contribution in [2.45, 2.75) is 38.0 Å². The Bertz CT molecular complexity index is 496. The zero-order valence-corrected chi connectivity index (χ0v) is 12.0. The lowest BCUT2D eigenvalue weighted by molar-refractivity contribution is 0.738. The Morgan fingerprint density at radius 3 is 2.83 bits per heavy atom. The summed E-state index contributed by atoms with van der Waals surface area (Å²) in [6.07, 6.45) is 6.33. The van der Waals surface area contributed by atoms with Gasteiger partial charge in [-0.25, -0.2) is 4.98 Å². The first-order valence-corrected chi connectivity index (χ1v) is 8.36. The first-order valence-electron chi connectivity index (χ1n) is 6.60. The molecular formula is C14H18N2S2. The van der Waals surface area contributed by atoms with Gasteiger partial charge in [0.05, 0.1) is 10.7 Å². The van der Waals surface area contributed by atoms with E-state index in [1.54, 1.807) is 11.3 Å². The second kappa shape index (κ2) is 5.51. The Morgan fingerprint density at radius 1 is 1.33 bits per heavy atom. The van der Waals surface area contributed by atoms with Crippen LogP contribution in [0.3, 0.4) is 0 Å². The van der Waals surface area contributed by atoms with Crippen LogP contribution in [0.4, 0.5) is 0 Å². The van der Waals surface area contributed by atoms with E-state index in [9.17, 15) is 0 Å². The Balaban J connectivity index is 1.99. The lowest BCUT2D eigenvalue weighted by Gasteiger charge is -2.07. The summed E-state index contributed by atoms with van der Waals surface area (Å²) in [7, 11) is 0. The average Bonchev–Trinajstić information content (AvgIpc) is 3.11. The number of rotatable bonds is 4. The third kappa shape index (κ3) is 2.37. The standard InChI is InChI=1S/C14H18N2S2/c15-7-5-12-16-13(11-6-8-17-9-11)14(18-12)10-3-1-2-4-10/h6,8-10H,1-5,7,15H2. The van der Waals surface area contributed by atoms with Gasteiger partial charge < -0.3 is 5.73 Å². The first kappa shape index (κ1) is 12.3. The first-order chi connectivity index (χ1) is 8.88.